The van der Waals surface area contributed by atoms with Crippen LogP contribution < -0.4 is 0 Å². The van der Waals surface area contributed by atoms with Crippen LogP contribution in [0, 0.1) is 5.82 Å². The van der Waals surface area contributed by atoms with Crippen molar-refractivity contribution in [3.05, 3.63) is 76.6 Å². The number of carbonyl (C=O) groups is 1. The minimum absolute atomic E-state index is 0.139. The highest BCUT2D eigenvalue weighted by Gasteiger charge is 2.10. The molecule has 3 heteroatoms. The SMILES string of the molecule is O=C(/C=C/c1ccccc1)c1cccc(F)c1Cl. The molecule has 0 aliphatic heterocycles. The smallest absolute Gasteiger partial charge is 0.187 e. The van der Waals surface area contributed by atoms with Gasteiger partial charge in [-0.15, -0.1) is 0 Å². The molecule has 0 radical (unpaired) electrons. The van der Waals surface area contributed by atoms with Crippen molar-refractivity contribution in [2.75, 3.05) is 0 Å². The maximum atomic E-state index is 13.2. The van der Waals surface area contributed by atoms with Crippen LogP contribution in [0.2, 0.25) is 5.02 Å². The van der Waals surface area contributed by atoms with E-state index in [2.05, 4.69) is 0 Å². The van der Waals surface area contributed by atoms with E-state index in [-0.39, 0.29) is 16.4 Å². The van der Waals surface area contributed by atoms with E-state index in [4.69, 9.17) is 11.6 Å². The van der Waals surface area contributed by atoms with Crippen molar-refractivity contribution < 1.29 is 9.18 Å². The van der Waals surface area contributed by atoms with E-state index >= 15 is 0 Å². The standard InChI is InChI=1S/C15H10ClFO/c16-15-12(7-4-8-13(15)17)14(18)10-9-11-5-2-1-3-6-11/h1-10H/b10-9+. The lowest BCUT2D eigenvalue weighted by Gasteiger charge is -2.00. The first kappa shape index (κ1) is 12.5. The maximum Gasteiger partial charge on any atom is 0.187 e. The van der Waals surface area contributed by atoms with Crippen molar-refractivity contribution in [1.29, 1.82) is 0 Å². The molecule has 18 heavy (non-hydrogen) atoms. The fraction of sp³-hybridized carbons (Fsp3) is 0. The van der Waals surface area contributed by atoms with Gasteiger partial charge in [-0.1, -0.05) is 54.1 Å². The molecule has 0 aromatic heterocycles. The Morgan fingerprint density at radius 1 is 1.06 bits per heavy atom. The van der Waals surface area contributed by atoms with Gasteiger partial charge in [-0.2, -0.15) is 0 Å². The zero-order valence-corrected chi connectivity index (χ0v) is 10.2. The minimum atomic E-state index is -0.587. The van der Waals surface area contributed by atoms with Gasteiger partial charge in [0.05, 0.1) is 5.02 Å². The van der Waals surface area contributed by atoms with Gasteiger partial charge >= 0.3 is 0 Å². The number of benzene rings is 2. The Balaban J connectivity index is 2.23. The van der Waals surface area contributed by atoms with Crippen LogP contribution in [0.5, 0.6) is 0 Å². The third kappa shape index (κ3) is 2.84. The van der Waals surface area contributed by atoms with Gasteiger partial charge in [-0.05, 0) is 23.8 Å². The van der Waals surface area contributed by atoms with Crippen LogP contribution >= 0.6 is 11.6 Å². The Morgan fingerprint density at radius 3 is 2.50 bits per heavy atom. The molecule has 90 valence electrons. The molecule has 0 aliphatic carbocycles. The summed E-state index contributed by atoms with van der Waals surface area (Å²) < 4.78 is 13.2. The third-order valence-electron chi connectivity index (χ3n) is 2.44. The van der Waals surface area contributed by atoms with Crippen molar-refractivity contribution in [2.24, 2.45) is 0 Å². The zero-order valence-electron chi connectivity index (χ0n) is 9.44. The lowest BCUT2D eigenvalue weighted by molar-refractivity contribution is 0.104. The van der Waals surface area contributed by atoms with Crippen LogP contribution in [0.15, 0.2) is 54.6 Å². The highest BCUT2D eigenvalue weighted by atomic mass is 35.5. The topological polar surface area (TPSA) is 17.1 Å². The Hall–Kier alpha value is -1.93. The summed E-state index contributed by atoms with van der Waals surface area (Å²) in [6, 6.07) is 13.6. The Labute approximate surface area is 110 Å². The highest BCUT2D eigenvalue weighted by molar-refractivity contribution is 6.34. The van der Waals surface area contributed by atoms with Crippen LogP contribution in [0.4, 0.5) is 4.39 Å². The largest absolute Gasteiger partial charge is 0.289 e. The molecule has 0 saturated heterocycles. The van der Waals surface area contributed by atoms with Crippen molar-refractivity contribution in [2.45, 2.75) is 0 Å². The summed E-state index contributed by atoms with van der Waals surface area (Å²) in [5.74, 6) is -0.904. The molecule has 0 aliphatic rings. The first-order valence-electron chi connectivity index (χ1n) is 5.40. The molecule has 2 rings (SSSR count). The van der Waals surface area contributed by atoms with Gasteiger partial charge in [-0.3, -0.25) is 4.79 Å². The fourth-order valence-electron chi connectivity index (χ4n) is 1.52. The van der Waals surface area contributed by atoms with E-state index in [0.717, 1.165) is 5.56 Å². The molecule has 2 aromatic carbocycles. The van der Waals surface area contributed by atoms with Gasteiger partial charge in [0.1, 0.15) is 5.82 Å². The average molecular weight is 261 g/mol. The molecular formula is C15H10ClFO. The van der Waals surface area contributed by atoms with Gasteiger partial charge in [0.2, 0.25) is 0 Å². The second-order valence-corrected chi connectivity index (χ2v) is 4.09. The van der Waals surface area contributed by atoms with E-state index in [1.54, 1.807) is 6.08 Å². The first-order chi connectivity index (χ1) is 8.68. The van der Waals surface area contributed by atoms with Gasteiger partial charge in [0.25, 0.3) is 0 Å². The summed E-state index contributed by atoms with van der Waals surface area (Å²) >= 11 is 5.74. The van der Waals surface area contributed by atoms with Crippen molar-refractivity contribution in [3.63, 3.8) is 0 Å². The summed E-state index contributed by atoms with van der Waals surface area (Å²) in [4.78, 5) is 11.9. The normalized spacial score (nSPS) is 10.8. The summed E-state index contributed by atoms with van der Waals surface area (Å²) in [5.41, 5.74) is 1.07. The molecule has 0 atom stereocenters. The Kier molecular flexibility index (Phi) is 3.90. The van der Waals surface area contributed by atoms with Crippen molar-refractivity contribution in [3.8, 4) is 0 Å². The van der Waals surface area contributed by atoms with Crippen LogP contribution in [0.25, 0.3) is 6.08 Å². The lowest BCUT2D eigenvalue weighted by Crippen LogP contribution is -1.96. The molecular weight excluding hydrogens is 251 g/mol. The van der Waals surface area contributed by atoms with E-state index in [0.29, 0.717) is 0 Å². The van der Waals surface area contributed by atoms with Gasteiger partial charge in [0, 0.05) is 5.56 Å². The van der Waals surface area contributed by atoms with E-state index in [1.807, 2.05) is 30.3 Å². The summed E-state index contributed by atoms with van der Waals surface area (Å²) in [6.45, 7) is 0. The number of rotatable bonds is 3. The first-order valence-corrected chi connectivity index (χ1v) is 5.78. The molecule has 0 N–H and O–H groups in total. The molecule has 0 fully saturated rings. The number of halogens is 2. The van der Waals surface area contributed by atoms with Crippen LogP contribution in [0.1, 0.15) is 15.9 Å². The average Bonchev–Trinajstić information content (AvgIpc) is 2.40. The highest BCUT2D eigenvalue weighted by Crippen LogP contribution is 2.20. The predicted octanol–water partition coefficient (Wildman–Crippen LogP) is 4.38. The monoisotopic (exact) mass is 260 g/mol. The number of allylic oxidation sites excluding steroid dienone is 1. The quantitative estimate of drug-likeness (QED) is 0.591. The van der Waals surface area contributed by atoms with Gasteiger partial charge in [0.15, 0.2) is 5.78 Å². The molecule has 0 unspecified atom stereocenters. The predicted molar refractivity (Wildman–Crippen MR) is 71.2 cm³/mol. The molecule has 1 nitrogen and oxygen atoms in total. The number of hydrogen-bond donors (Lipinski definition) is 0. The van der Waals surface area contributed by atoms with Crippen LogP contribution in [-0.4, -0.2) is 5.78 Å². The zero-order chi connectivity index (χ0) is 13.0. The molecule has 0 spiro atoms. The fourth-order valence-corrected chi connectivity index (χ4v) is 1.74. The summed E-state index contributed by atoms with van der Waals surface area (Å²) in [6.07, 6.45) is 3.06. The molecule has 0 amide bonds. The minimum Gasteiger partial charge on any atom is -0.289 e. The summed E-state index contributed by atoms with van der Waals surface area (Å²) in [5, 5.41) is -0.139. The number of carbonyl (C=O) groups excluding carboxylic acids is 1. The Bertz CT molecular complexity index is 591. The molecule has 0 saturated carbocycles. The van der Waals surface area contributed by atoms with Crippen molar-refractivity contribution in [1.82, 2.24) is 0 Å². The van der Waals surface area contributed by atoms with E-state index in [1.165, 1.54) is 24.3 Å². The van der Waals surface area contributed by atoms with Crippen LogP contribution in [-0.2, 0) is 0 Å². The molecule has 0 bridgehead atoms. The van der Waals surface area contributed by atoms with Gasteiger partial charge < -0.3 is 0 Å². The number of ketones is 1. The van der Waals surface area contributed by atoms with Crippen LogP contribution in [0.3, 0.4) is 0 Å². The van der Waals surface area contributed by atoms with Crippen molar-refractivity contribution >= 4 is 23.5 Å². The summed E-state index contributed by atoms with van der Waals surface area (Å²) in [7, 11) is 0. The third-order valence-corrected chi connectivity index (χ3v) is 2.83. The second-order valence-electron chi connectivity index (χ2n) is 3.71. The van der Waals surface area contributed by atoms with E-state index < -0.39 is 5.82 Å². The number of hydrogen-bond acceptors (Lipinski definition) is 1. The Morgan fingerprint density at radius 2 is 1.78 bits per heavy atom. The molecule has 2 aromatic rings. The lowest BCUT2D eigenvalue weighted by atomic mass is 10.1. The van der Waals surface area contributed by atoms with E-state index in [9.17, 15) is 9.18 Å². The second kappa shape index (κ2) is 5.61. The van der Waals surface area contributed by atoms with Gasteiger partial charge in [-0.25, -0.2) is 4.39 Å². The maximum absolute atomic E-state index is 13.2. The molecule has 0 heterocycles.